The predicted octanol–water partition coefficient (Wildman–Crippen LogP) is 2.79. The van der Waals surface area contributed by atoms with Crippen LogP contribution in [0.25, 0.3) is 0 Å². The highest BCUT2D eigenvalue weighted by atomic mass is 35.5. The molecule has 17 heavy (non-hydrogen) atoms. The second-order valence-electron chi connectivity index (χ2n) is 4.29. The van der Waals surface area contributed by atoms with Crippen molar-refractivity contribution in [1.82, 2.24) is 0 Å². The number of ether oxygens (including phenoxy) is 1. The van der Waals surface area contributed by atoms with E-state index in [4.69, 9.17) is 16.3 Å². The minimum Gasteiger partial charge on any atom is -0.378 e. The van der Waals surface area contributed by atoms with Gasteiger partial charge in [0.1, 0.15) is 0 Å². The number of amides is 1. The van der Waals surface area contributed by atoms with Crippen molar-refractivity contribution < 1.29 is 9.53 Å². The Labute approximate surface area is 106 Å². The van der Waals surface area contributed by atoms with Crippen molar-refractivity contribution >= 4 is 23.2 Å². The molecule has 0 bridgehead atoms. The van der Waals surface area contributed by atoms with Crippen molar-refractivity contribution in [2.45, 2.75) is 25.3 Å². The van der Waals surface area contributed by atoms with Crippen LogP contribution in [0.4, 0.5) is 5.69 Å². The Morgan fingerprint density at radius 3 is 2.71 bits per heavy atom. The Balaban J connectivity index is 1.97. The molecule has 92 valence electrons. The van der Waals surface area contributed by atoms with Crippen LogP contribution in [0.1, 0.15) is 18.9 Å². The Hall–Kier alpha value is -1.06. The van der Waals surface area contributed by atoms with E-state index in [0.29, 0.717) is 12.5 Å². The van der Waals surface area contributed by atoms with E-state index in [1.165, 1.54) is 0 Å². The van der Waals surface area contributed by atoms with Gasteiger partial charge in [-0.25, -0.2) is 0 Å². The van der Waals surface area contributed by atoms with Crippen LogP contribution in [0.3, 0.4) is 0 Å². The summed E-state index contributed by atoms with van der Waals surface area (Å²) in [5.74, 6) is 0.484. The molecule has 1 N–H and O–H groups in total. The SMILES string of the molecule is CC1OCCC1C(=O)Nc1ccc(CCl)cc1. The number of alkyl halides is 1. The molecule has 2 unspecified atom stereocenters. The minimum absolute atomic E-state index is 0.0112. The highest BCUT2D eigenvalue weighted by Crippen LogP contribution is 2.22. The third kappa shape index (κ3) is 2.99. The maximum absolute atomic E-state index is 12.0. The lowest BCUT2D eigenvalue weighted by atomic mass is 10.0. The number of nitrogens with one attached hydrogen (secondary N) is 1. The van der Waals surface area contributed by atoms with Gasteiger partial charge in [-0.2, -0.15) is 0 Å². The van der Waals surface area contributed by atoms with Crippen LogP contribution in [0.2, 0.25) is 0 Å². The Morgan fingerprint density at radius 1 is 1.47 bits per heavy atom. The molecule has 3 nitrogen and oxygen atoms in total. The number of carbonyl (C=O) groups is 1. The predicted molar refractivity (Wildman–Crippen MR) is 68.1 cm³/mol. The number of rotatable bonds is 3. The molecule has 1 aromatic rings. The summed E-state index contributed by atoms with van der Waals surface area (Å²) in [6.07, 6.45) is 0.810. The topological polar surface area (TPSA) is 38.3 Å². The zero-order valence-electron chi connectivity index (χ0n) is 9.78. The molecular weight excluding hydrogens is 238 g/mol. The third-order valence-electron chi connectivity index (χ3n) is 3.09. The van der Waals surface area contributed by atoms with Crippen molar-refractivity contribution in [2.24, 2.45) is 5.92 Å². The van der Waals surface area contributed by atoms with Gasteiger partial charge in [-0.15, -0.1) is 11.6 Å². The summed E-state index contributed by atoms with van der Waals surface area (Å²) in [7, 11) is 0. The van der Waals surface area contributed by atoms with E-state index in [-0.39, 0.29) is 17.9 Å². The van der Waals surface area contributed by atoms with Crippen molar-refractivity contribution in [1.29, 1.82) is 0 Å². The Bertz CT molecular complexity index is 391. The van der Waals surface area contributed by atoms with E-state index >= 15 is 0 Å². The van der Waals surface area contributed by atoms with Gasteiger partial charge in [0.15, 0.2) is 0 Å². The summed E-state index contributed by atoms with van der Waals surface area (Å²) in [5.41, 5.74) is 1.85. The summed E-state index contributed by atoms with van der Waals surface area (Å²) in [6, 6.07) is 7.57. The number of benzene rings is 1. The largest absolute Gasteiger partial charge is 0.378 e. The van der Waals surface area contributed by atoms with Gasteiger partial charge in [0.25, 0.3) is 0 Å². The molecule has 1 aromatic carbocycles. The van der Waals surface area contributed by atoms with Gasteiger partial charge in [-0.1, -0.05) is 12.1 Å². The number of hydrogen-bond donors (Lipinski definition) is 1. The second kappa shape index (κ2) is 5.52. The first kappa shape index (κ1) is 12.4. The standard InChI is InChI=1S/C13H16ClNO2/c1-9-12(6-7-17-9)13(16)15-11-4-2-10(8-14)3-5-11/h2-5,9,12H,6-8H2,1H3,(H,15,16). The highest BCUT2D eigenvalue weighted by Gasteiger charge is 2.30. The summed E-state index contributed by atoms with van der Waals surface area (Å²) in [6.45, 7) is 2.61. The molecule has 0 aliphatic carbocycles. The van der Waals surface area contributed by atoms with Crippen LogP contribution < -0.4 is 5.32 Å². The molecule has 0 radical (unpaired) electrons. The Morgan fingerprint density at radius 2 is 2.18 bits per heavy atom. The van der Waals surface area contributed by atoms with Gasteiger partial charge in [-0.3, -0.25) is 4.79 Å². The molecule has 0 saturated carbocycles. The van der Waals surface area contributed by atoms with E-state index < -0.39 is 0 Å². The van der Waals surface area contributed by atoms with Gasteiger partial charge in [0.05, 0.1) is 12.0 Å². The smallest absolute Gasteiger partial charge is 0.230 e. The molecule has 1 fully saturated rings. The van der Waals surface area contributed by atoms with Gasteiger partial charge >= 0.3 is 0 Å². The molecular formula is C13H16ClNO2. The van der Waals surface area contributed by atoms with E-state index in [1.807, 2.05) is 31.2 Å². The van der Waals surface area contributed by atoms with E-state index in [0.717, 1.165) is 17.7 Å². The van der Waals surface area contributed by atoms with Gasteiger partial charge in [0, 0.05) is 18.2 Å². The molecule has 1 saturated heterocycles. The summed E-state index contributed by atoms with van der Waals surface area (Å²) < 4.78 is 5.38. The van der Waals surface area contributed by atoms with E-state index in [2.05, 4.69) is 5.32 Å². The summed E-state index contributed by atoms with van der Waals surface area (Å²) >= 11 is 5.70. The maximum atomic E-state index is 12.0. The minimum atomic E-state index is -0.0392. The summed E-state index contributed by atoms with van der Waals surface area (Å²) in [5, 5.41) is 2.90. The molecule has 2 rings (SSSR count). The number of halogens is 1. The molecule has 2 atom stereocenters. The van der Waals surface area contributed by atoms with Gasteiger partial charge < -0.3 is 10.1 Å². The maximum Gasteiger partial charge on any atom is 0.230 e. The van der Waals surface area contributed by atoms with Crippen LogP contribution >= 0.6 is 11.6 Å². The number of carbonyl (C=O) groups excluding carboxylic acids is 1. The fraction of sp³-hybridized carbons (Fsp3) is 0.462. The Kier molecular flexibility index (Phi) is 4.02. The third-order valence-corrected chi connectivity index (χ3v) is 3.40. The normalized spacial score (nSPS) is 23.6. The first-order valence-electron chi connectivity index (χ1n) is 5.78. The molecule has 1 amide bonds. The van der Waals surface area contributed by atoms with E-state index in [9.17, 15) is 4.79 Å². The lowest BCUT2D eigenvalue weighted by molar-refractivity contribution is -0.121. The average molecular weight is 254 g/mol. The number of anilines is 1. The van der Waals surface area contributed by atoms with Crippen molar-refractivity contribution in [3.8, 4) is 0 Å². The van der Waals surface area contributed by atoms with Crippen molar-refractivity contribution in [3.63, 3.8) is 0 Å². The van der Waals surface area contributed by atoms with Crippen LogP contribution in [0.15, 0.2) is 24.3 Å². The van der Waals surface area contributed by atoms with Crippen LogP contribution in [-0.2, 0) is 15.4 Å². The molecule has 1 aliphatic rings. The molecule has 0 aromatic heterocycles. The first-order chi connectivity index (χ1) is 8.20. The van der Waals surface area contributed by atoms with Crippen LogP contribution in [-0.4, -0.2) is 18.6 Å². The summed E-state index contributed by atoms with van der Waals surface area (Å²) in [4.78, 5) is 12.0. The second-order valence-corrected chi connectivity index (χ2v) is 4.56. The fourth-order valence-electron chi connectivity index (χ4n) is 1.99. The quantitative estimate of drug-likeness (QED) is 0.842. The van der Waals surface area contributed by atoms with Crippen LogP contribution in [0, 0.1) is 5.92 Å². The zero-order valence-corrected chi connectivity index (χ0v) is 10.5. The molecule has 4 heteroatoms. The van der Waals surface area contributed by atoms with Gasteiger partial charge in [-0.05, 0) is 31.0 Å². The lowest BCUT2D eigenvalue weighted by Gasteiger charge is -2.14. The average Bonchev–Trinajstić information content (AvgIpc) is 2.76. The molecule has 1 aliphatic heterocycles. The first-order valence-corrected chi connectivity index (χ1v) is 6.31. The molecule has 0 spiro atoms. The highest BCUT2D eigenvalue weighted by molar-refractivity contribution is 6.17. The van der Waals surface area contributed by atoms with Crippen molar-refractivity contribution in [3.05, 3.63) is 29.8 Å². The molecule has 1 heterocycles. The zero-order chi connectivity index (χ0) is 12.3. The lowest BCUT2D eigenvalue weighted by Crippen LogP contribution is -2.27. The van der Waals surface area contributed by atoms with Gasteiger partial charge in [0.2, 0.25) is 5.91 Å². The van der Waals surface area contributed by atoms with Crippen molar-refractivity contribution in [2.75, 3.05) is 11.9 Å². The monoisotopic (exact) mass is 253 g/mol. The van der Waals surface area contributed by atoms with Crippen LogP contribution in [0.5, 0.6) is 0 Å². The van der Waals surface area contributed by atoms with E-state index in [1.54, 1.807) is 0 Å². The number of hydrogen-bond acceptors (Lipinski definition) is 2. The fourth-order valence-corrected chi connectivity index (χ4v) is 2.17.